The summed E-state index contributed by atoms with van der Waals surface area (Å²) in [5.41, 5.74) is 1.30. The fourth-order valence-corrected chi connectivity index (χ4v) is 4.56. The van der Waals surface area contributed by atoms with E-state index in [4.69, 9.17) is 4.98 Å². The third kappa shape index (κ3) is 3.41. The van der Waals surface area contributed by atoms with E-state index in [0.717, 1.165) is 18.5 Å². The average Bonchev–Trinajstić information content (AvgIpc) is 3.09. The van der Waals surface area contributed by atoms with Crippen molar-refractivity contribution in [3.63, 3.8) is 0 Å². The first-order valence-corrected chi connectivity index (χ1v) is 8.93. The monoisotopic (exact) mass is 293 g/mol. The highest BCUT2D eigenvalue weighted by Crippen LogP contribution is 2.35. The average molecular weight is 293 g/mol. The summed E-state index contributed by atoms with van der Waals surface area (Å²) >= 11 is 1.89. The molecule has 0 aromatic carbocycles. The number of likely N-dealkylation sites (N-methyl/N-ethyl adjacent to an activating group) is 1. The fraction of sp³-hybridized carbons (Fsp3) is 0.812. The lowest BCUT2D eigenvalue weighted by molar-refractivity contribution is 0.127. The van der Waals surface area contributed by atoms with Crippen molar-refractivity contribution in [3.8, 4) is 0 Å². The largest absolute Gasteiger partial charge is 0.305 e. The van der Waals surface area contributed by atoms with Gasteiger partial charge < -0.3 is 4.90 Å². The highest BCUT2D eigenvalue weighted by atomic mass is 32.1. The highest BCUT2D eigenvalue weighted by Gasteiger charge is 2.23. The summed E-state index contributed by atoms with van der Waals surface area (Å²) in [5, 5.41) is 3.70. The minimum absolute atomic E-state index is 0.719. The van der Waals surface area contributed by atoms with Gasteiger partial charge in [-0.05, 0) is 46.3 Å². The van der Waals surface area contributed by atoms with Gasteiger partial charge in [0.05, 0.1) is 10.7 Å². The molecule has 1 atom stereocenters. The zero-order valence-electron chi connectivity index (χ0n) is 12.8. The summed E-state index contributed by atoms with van der Waals surface area (Å²) in [6.45, 7) is 3.48. The van der Waals surface area contributed by atoms with Crippen LogP contribution < -0.4 is 0 Å². The molecule has 1 aromatic rings. The van der Waals surface area contributed by atoms with Gasteiger partial charge in [0.1, 0.15) is 0 Å². The number of piperidine rings is 1. The van der Waals surface area contributed by atoms with Crippen LogP contribution in [0.1, 0.15) is 55.1 Å². The lowest BCUT2D eigenvalue weighted by Crippen LogP contribution is -2.44. The minimum atomic E-state index is 0.719. The van der Waals surface area contributed by atoms with Crippen LogP contribution in [0.3, 0.4) is 0 Å². The molecule has 0 amide bonds. The zero-order chi connectivity index (χ0) is 13.9. The van der Waals surface area contributed by atoms with Crippen molar-refractivity contribution in [2.24, 2.45) is 0 Å². The Labute approximate surface area is 127 Å². The van der Waals surface area contributed by atoms with E-state index >= 15 is 0 Å². The van der Waals surface area contributed by atoms with Gasteiger partial charge >= 0.3 is 0 Å². The Bertz CT molecular complexity index is 423. The molecule has 0 bridgehead atoms. The Morgan fingerprint density at radius 3 is 2.80 bits per heavy atom. The lowest BCUT2D eigenvalue weighted by atomic mass is 10.0. The van der Waals surface area contributed by atoms with Crippen molar-refractivity contribution in [2.75, 3.05) is 27.2 Å². The standard InChI is InChI=1S/C16H27N3S/c1-18(2)15-8-5-9-19(11-15)10-14-12-20-16(17-14)13-6-3-4-7-13/h12-13,15H,3-11H2,1-2H3. The molecular formula is C16H27N3S. The Balaban J connectivity index is 1.57. The van der Waals surface area contributed by atoms with E-state index in [1.165, 1.54) is 62.3 Å². The molecule has 2 fully saturated rings. The SMILES string of the molecule is CN(C)C1CCCN(Cc2csc(C3CCCC3)n2)C1. The van der Waals surface area contributed by atoms with Crippen LogP contribution in [-0.4, -0.2) is 48.0 Å². The molecule has 2 heterocycles. The van der Waals surface area contributed by atoms with Crippen LogP contribution in [0.2, 0.25) is 0 Å². The second-order valence-electron chi connectivity index (χ2n) is 6.65. The zero-order valence-corrected chi connectivity index (χ0v) is 13.7. The molecule has 1 saturated carbocycles. The molecular weight excluding hydrogens is 266 g/mol. The molecule has 4 heteroatoms. The summed E-state index contributed by atoms with van der Waals surface area (Å²) in [7, 11) is 4.41. The fourth-order valence-electron chi connectivity index (χ4n) is 3.58. The third-order valence-electron chi connectivity index (χ3n) is 4.87. The summed E-state index contributed by atoms with van der Waals surface area (Å²) < 4.78 is 0. The van der Waals surface area contributed by atoms with Crippen molar-refractivity contribution < 1.29 is 0 Å². The van der Waals surface area contributed by atoms with Gasteiger partial charge in [-0.3, -0.25) is 4.90 Å². The number of hydrogen-bond acceptors (Lipinski definition) is 4. The molecule has 1 saturated heterocycles. The van der Waals surface area contributed by atoms with E-state index < -0.39 is 0 Å². The van der Waals surface area contributed by atoms with Crippen molar-refractivity contribution in [1.29, 1.82) is 0 Å². The summed E-state index contributed by atoms with van der Waals surface area (Å²) in [6, 6.07) is 0.719. The normalized spacial score (nSPS) is 25.6. The summed E-state index contributed by atoms with van der Waals surface area (Å²) in [6.07, 6.45) is 8.18. The maximum atomic E-state index is 4.92. The van der Waals surface area contributed by atoms with Crippen LogP contribution in [0.25, 0.3) is 0 Å². The van der Waals surface area contributed by atoms with Crippen LogP contribution in [-0.2, 0) is 6.54 Å². The van der Waals surface area contributed by atoms with Gasteiger partial charge in [-0.1, -0.05) is 12.8 Å². The molecule has 1 aliphatic heterocycles. The predicted molar refractivity (Wildman–Crippen MR) is 85.3 cm³/mol. The van der Waals surface area contributed by atoms with Gasteiger partial charge in [0.2, 0.25) is 0 Å². The van der Waals surface area contributed by atoms with E-state index in [1.54, 1.807) is 0 Å². The van der Waals surface area contributed by atoms with E-state index in [9.17, 15) is 0 Å². The minimum Gasteiger partial charge on any atom is -0.305 e. The lowest BCUT2D eigenvalue weighted by Gasteiger charge is -2.35. The van der Waals surface area contributed by atoms with Crippen LogP contribution in [0.5, 0.6) is 0 Å². The van der Waals surface area contributed by atoms with Crippen molar-refractivity contribution in [1.82, 2.24) is 14.8 Å². The third-order valence-corrected chi connectivity index (χ3v) is 5.93. The van der Waals surface area contributed by atoms with Crippen molar-refractivity contribution in [2.45, 2.75) is 57.0 Å². The molecule has 0 radical (unpaired) electrons. The Hall–Kier alpha value is -0.450. The van der Waals surface area contributed by atoms with Gasteiger partial charge in [-0.2, -0.15) is 0 Å². The van der Waals surface area contributed by atoms with Gasteiger partial charge in [0, 0.05) is 30.4 Å². The van der Waals surface area contributed by atoms with Gasteiger partial charge in [0.25, 0.3) is 0 Å². The number of nitrogens with zero attached hydrogens (tertiary/aromatic N) is 3. The van der Waals surface area contributed by atoms with E-state index in [1.807, 2.05) is 11.3 Å². The molecule has 1 unspecified atom stereocenters. The first kappa shape index (κ1) is 14.5. The second kappa shape index (κ2) is 6.54. The number of likely N-dealkylation sites (tertiary alicyclic amines) is 1. The molecule has 0 spiro atoms. The van der Waals surface area contributed by atoms with Crippen LogP contribution >= 0.6 is 11.3 Å². The van der Waals surface area contributed by atoms with E-state index in [2.05, 4.69) is 29.3 Å². The van der Waals surface area contributed by atoms with Crippen LogP contribution in [0.15, 0.2) is 5.38 Å². The Kier molecular flexibility index (Phi) is 4.74. The Morgan fingerprint density at radius 2 is 2.05 bits per heavy atom. The first-order chi connectivity index (χ1) is 9.72. The van der Waals surface area contributed by atoms with Crippen LogP contribution in [0, 0.1) is 0 Å². The van der Waals surface area contributed by atoms with Crippen molar-refractivity contribution in [3.05, 3.63) is 16.1 Å². The predicted octanol–water partition coefficient (Wildman–Crippen LogP) is 3.33. The molecule has 3 rings (SSSR count). The Morgan fingerprint density at radius 1 is 1.25 bits per heavy atom. The first-order valence-electron chi connectivity index (χ1n) is 8.05. The number of aromatic nitrogens is 1. The smallest absolute Gasteiger partial charge is 0.0959 e. The van der Waals surface area contributed by atoms with Gasteiger partial charge in [0.15, 0.2) is 0 Å². The number of thiazole rings is 1. The number of rotatable bonds is 4. The molecule has 1 aliphatic carbocycles. The molecule has 112 valence electrons. The summed E-state index contributed by atoms with van der Waals surface area (Å²) in [4.78, 5) is 9.88. The van der Waals surface area contributed by atoms with Crippen molar-refractivity contribution >= 4 is 11.3 Å². The molecule has 20 heavy (non-hydrogen) atoms. The van der Waals surface area contributed by atoms with Gasteiger partial charge in [-0.15, -0.1) is 11.3 Å². The second-order valence-corrected chi connectivity index (χ2v) is 7.54. The molecule has 1 aromatic heterocycles. The van der Waals surface area contributed by atoms with E-state index in [-0.39, 0.29) is 0 Å². The maximum absolute atomic E-state index is 4.92. The molecule has 0 N–H and O–H groups in total. The molecule has 3 nitrogen and oxygen atoms in total. The quantitative estimate of drug-likeness (QED) is 0.849. The van der Waals surface area contributed by atoms with Crippen LogP contribution in [0.4, 0.5) is 0 Å². The number of hydrogen-bond donors (Lipinski definition) is 0. The summed E-state index contributed by atoms with van der Waals surface area (Å²) in [5.74, 6) is 0.768. The topological polar surface area (TPSA) is 19.4 Å². The van der Waals surface area contributed by atoms with Gasteiger partial charge in [-0.25, -0.2) is 4.98 Å². The maximum Gasteiger partial charge on any atom is 0.0959 e. The molecule has 2 aliphatic rings. The highest BCUT2D eigenvalue weighted by molar-refractivity contribution is 7.09. The van der Waals surface area contributed by atoms with E-state index in [0.29, 0.717) is 0 Å².